The fraction of sp³-hybridized carbons (Fsp3) is 0.755. The predicted molar refractivity (Wildman–Crippen MR) is 241 cm³/mol. The van der Waals surface area contributed by atoms with Crippen molar-refractivity contribution >= 4 is 11.9 Å². The van der Waals surface area contributed by atoms with Gasteiger partial charge in [0.1, 0.15) is 24.4 Å². The molecule has 1 amide bonds. The van der Waals surface area contributed by atoms with Crippen LogP contribution in [0.15, 0.2) is 60.8 Å². The molecular formula is C49H85NO10. The molecule has 7 unspecified atom stereocenters. The lowest BCUT2D eigenvalue weighted by molar-refractivity contribution is -0.302. The highest BCUT2D eigenvalue weighted by molar-refractivity contribution is 5.76. The minimum atomic E-state index is -1.59. The van der Waals surface area contributed by atoms with Crippen LogP contribution >= 0.6 is 0 Å². The summed E-state index contributed by atoms with van der Waals surface area (Å²) in [7, 11) is 0. The molecule has 1 saturated heterocycles. The minimum absolute atomic E-state index is 0.0618. The van der Waals surface area contributed by atoms with Crippen molar-refractivity contribution in [2.75, 3.05) is 19.8 Å². The molecule has 1 aliphatic rings. The van der Waals surface area contributed by atoms with Crippen molar-refractivity contribution in [2.45, 2.75) is 217 Å². The third-order valence-corrected chi connectivity index (χ3v) is 10.6. The Labute approximate surface area is 363 Å². The second-order valence-corrected chi connectivity index (χ2v) is 16.1. The lowest BCUT2D eigenvalue weighted by atomic mass is 9.99. The molecule has 11 heteroatoms. The summed E-state index contributed by atoms with van der Waals surface area (Å²) in [6, 6.07) is -0.852. The van der Waals surface area contributed by atoms with Crippen LogP contribution in [0.1, 0.15) is 174 Å². The lowest BCUT2D eigenvalue weighted by Crippen LogP contribution is -2.60. The number of amides is 1. The number of hydrogen-bond donors (Lipinski definition) is 6. The van der Waals surface area contributed by atoms with Crippen LogP contribution in [-0.4, -0.2) is 100 Å². The molecule has 0 bridgehead atoms. The maximum absolute atomic E-state index is 12.9. The third kappa shape index (κ3) is 29.6. The Kier molecular flexibility index (Phi) is 36.2. The minimum Gasteiger partial charge on any atom is -0.466 e. The number of aliphatic hydroxyl groups is 5. The molecule has 1 fully saturated rings. The molecule has 0 radical (unpaired) electrons. The van der Waals surface area contributed by atoms with Crippen molar-refractivity contribution in [3.63, 3.8) is 0 Å². The van der Waals surface area contributed by atoms with E-state index in [9.17, 15) is 35.1 Å². The first-order valence-corrected chi connectivity index (χ1v) is 23.5. The van der Waals surface area contributed by atoms with Crippen molar-refractivity contribution in [1.82, 2.24) is 5.32 Å². The van der Waals surface area contributed by atoms with E-state index in [1.54, 1.807) is 6.08 Å². The number of carbonyl (C=O) groups excluding carboxylic acids is 2. The van der Waals surface area contributed by atoms with Crippen LogP contribution in [0.25, 0.3) is 0 Å². The molecule has 60 heavy (non-hydrogen) atoms. The van der Waals surface area contributed by atoms with Gasteiger partial charge in [0.05, 0.1) is 32.0 Å². The van der Waals surface area contributed by atoms with Gasteiger partial charge < -0.3 is 45.1 Å². The smallest absolute Gasteiger partial charge is 0.305 e. The highest BCUT2D eigenvalue weighted by Crippen LogP contribution is 2.22. The second-order valence-electron chi connectivity index (χ2n) is 16.1. The van der Waals surface area contributed by atoms with Crippen LogP contribution in [-0.2, 0) is 23.8 Å². The van der Waals surface area contributed by atoms with Gasteiger partial charge in [-0.25, -0.2) is 0 Å². The van der Waals surface area contributed by atoms with Gasteiger partial charge in [-0.15, -0.1) is 0 Å². The maximum Gasteiger partial charge on any atom is 0.305 e. The average molecular weight is 848 g/mol. The van der Waals surface area contributed by atoms with Gasteiger partial charge in [-0.3, -0.25) is 9.59 Å². The van der Waals surface area contributed by atoms with E-state index in [1.807, 2.05) is 19.1 Å². The van der Waals surface area contributed by atoms with Crippen molar-refractivity contribution in [3.05, 3.63) is 60.8 Å². The molecule has 11 nitrogen and oxygen atoms in total. The Bertz CT molecular complexity index is 1180. The summed E-state index contributed by atoms with van der Waals surface area (Å²) in [5, 5.41) is 53.9. The Morgan fingerprint density at radius 2 is 1.15 bits per heavy atom. The monoisotopic (exact) mass is 848 g/mol. The summed E-state index contributed by atoms with van der Waals surface area (Å²) in [6.07, 6.45) is 37.5. The summed E-state index contributed by atoms with van der Waals surface area (Å²) in [5.41, 5.74) is 0. The zero-order chi connectivity index (χ0) is 43.9. The number of rotatable bonds is 38. The normalized spacial score (nSPS) is 20.9. The molecule has 0 aromatic heterocycles. The molecule has 0 spiro atoms. The van der Waals surface area contributed by atoms with E-state index in [0.717, 1.165) is 89.9 Å². The second kappa shape index (κ2) is 39.2. The van der Waals surface area contributed by atoms with Crippen molar-refractivity contribution in [2.24, 2.45) is 0 Å². The molecule has 7 atom stereocenters. The van der Waals surface area contributed by atoms with E-state index in [-0.39, 0.29) is 18.5 Å². The summed E-state index contributed by atoms with van der Waals surface area (Å²) in [5.74, 6) is -0.291. The van der Waals surface area contributed by atoms with Gasteiger partial charge in [0, 0.05) is 12.8 Å². The Morgan fingerprint density at radius 1 is 0.633 bits per heavy atom. The molecule has 0 saturated carbocycles. The molecule has 6 N–H and O–H groups in total. The number of hydrogen-bond acceptors (Lipinski definition) is 10. The summed E-state index contributed by atoms with van der Waals surface area (Å²) < 4.78 is 16.5. The average Bonchev–Trinajstić information content (AvgIpc) is 3.24. The molecule has 0 aromatic carbocycles. The van der Waals surface area contributed by atoms with Crippen LogP contribution in [0.4, 0.5) is 0 Å². The fourth-order valence-corrected chi connectivity index (χ4v) is 6.80. The van der Waals surface area contributed by atoms with E-state index in [0.29, 0.717) is 32.3 Å². The van der Waals surface area contributed by atoms with E-state index in [1.165, 1.54) is 44.9 Å². The lowest BCUT2D eigenvalue weighted by Gasteiger charge is -2.40. The fourth-order valence-electron chi connectivity index (χ4n) is 6.80. The number of carbonyl (C=O) groups is 2. The first-order valence-electron chi connectivity index (χ1n) is 23.5. The van der Waals surface area contributed by atoms with Crippen molar-refractivity contribution in [1.29, 1.82) is 0 Å². The first-order chi connectivity index (χ1) is 29.2. The Hall–Kier alpha value is -2.64. The molecular weight excluding hydrogens is 763 g/mol. The topological polar surface area (TPSA) is 175 Å². The summed E-state index contributed by atoms with van der Waals surface area (Å²) >= 11 is 0. The van der Waals surface area contributed by atoms with Crippen LogP contribution in [0.5, 0.6) is 0 Å². The molecule has 1 aliphatic heterocycles. The van der Waals surface area contributed by atoms with Gasteiger partial charge in [0.2, 0.25) is 5.91 Å². The van der Waals surface area contributed by atoms with E-state index in [4.69, 9.17) is 14.2 Å². The molecule has 1 heterocycles. The molecule has 0 aromatic rings. The summed E-state index contributed by atoms with van der Waals surface area (Å²) in [6.45, 7) is 3.92. The van der Waals surface area contributed by atoms with Gasteiger partial charge in [0.25, 0.3) is 0 Å². The van der Waals surface area contributed by atoms with E-state index < -0.39 is 49.5 Å². The Morgan fingerprint density at radius 3 is 1.75 bits per heavy atom. The maximum atomic E-state index is 12.9. The van der Waals surface area contributed by atoms with Crippen LogP contribution in [0.3, 0.4) is 0 Å². The number of nitrogens with one attached hydrogen (secondary N) is 1. The highest BCUT2D eigenvalue weighted by atomic mass is 16.7. The van der Waals surface area contributed by atoms with Crippen molar-refractivity contribution in [3.8, 4) is 0 Å². The largest absolute Gasteiger partial charge is 0.466 e. The number of aliphatic hydroxyl groups excluding tert-OH is 5. The standard InChI is InChI=1S/C49H85NO10/c1-3-5-7-9-11-13-16-21-25-29-33-37-45(54)58-38-34-30-26-22-18-15-14-17-20-24-28-32-36-44(53)50-41(42(52)35-31-27-23-19-12-10-8-6-4-2)40-59-49-48(57)47(56)46(55)43(39-51)60-49/h4,6,9,11-12,15,18-19,31,35,41-43,46-49,51-52,55-57H,3,5,7-8,10,13-14,16-17,20-30,32-34,36-40H2,1-2H3,(H,50,53)/b6-4+,11-9-,18-15-,19-12+,35-31+. The van der Waals surface area contributed by atoms with Gasteiger partial charge in [-0.05, 0) is 103 Å². The molecule has 346 valence electrons. The third-order valence-electron chi connectivity index (χ3n) is 10.6. The van der Waals surface area contributed by atoms with Crippen molar-refractivity contribution < 1.29 is 49.3 Å². The zero-order valence-electron chi connectivity index (χ0n) is 37.4. The summed E-state index contributed by atoms with van der Waals surface area (Å²) in [4.78, 5) is 24.9. The quantitative estimate of drug-likeness (QED) is 0.0200. The van der Waals surface area contributed by atoms with Gasteiger partial charge in [0.15, 0.2) is 6.29 Å². The number of allylic oxidation sites excluding steroid dienone is 9. The van der Waals surface area contributed by atoms with Gasteiger partial charge in [-0.2, -0.15) is 0 Å². The van der Waals surface area contributed by atoms with E-state index in [2.05, 4.69) is 54.8 Å². The SMILES string of the molecule is C/C=C/CC/C=C/CC/C=C/C(O)C(COC1OC(CO)C(O)C(O)C1O)NC(=O)CCCCCCC/C=C\CCCCCOC(=O)CCCCCCC/C=C\CCCC. The predicted octanol–water partition coefficient (Wildman–Crippen LogP) is 8.77. The van der Waals surface area contributed by atoms with E-state index >= 15 is 0 Å². The number of ether oxygens (including phenoxy) is 3. The number of unbranched alkanes of at least 4 members (excludes halogenated alkanes) is 17. The molecule has 1 rings (SSSR count). The number of esters is 1. The molecule has 0 aliphatic carbocycles. The van der Waals surface area contributed by atoms with Gasteiger partial charge >= 0.3 is 5.97 Å². The Balaban J connectivity index is 2.22. The van der Waals surface area contributed by atoms with Gasteiger partial charge in [-0.1, -0.05) is 119 Å². The highest BCUT2D eigenvalue weighted by Gasteiger charge is 2.44. The van der Waals surface area contributed by atoms with Crippen LogP contribution < -0.4 is 5.32 Å². The van der Waals surface area contributed by atoms with Crippen LogP contribution in [0.2, 0.25) is 0 Å². The van der Waals surface area contributed by atoms with Crippen LogP contribution in [0, 0.1) is 0 Å². The zero-order valence-corrected chi connectivity index (χ0v) is 37.4. The first kappa shape index (κ1) is 55.4.